The summed E-state index contributed by atoms with van der Waals surface area (Å²) in [5, 5.41) is 6.85. The number of amides is 1. The van der Waals surface area contributed by atoms with Gasteiger partial charge in [-0.1, -0.05) is 36.3 Å². The summed E-state index contributed by atoms with van der Waals surface area (Å²) >= 11 is 0. The topological polar surface area (TPSA) is 71.5 Å². The van der Waals surface area contributed by atoms with Gasteiger partial charge in [-0.2, -0.15) is 0 Å². The van der Waals surface area contributed by atoms with Crippen molar-refractivity contribution in [2.75, 3.05) is 13.1 Å². The van der Waals surface area contributed by atoms with E-state index in [-0.39, 0.29) is 11.6 Å². The first-order valence-corrected chi connectivity index (χ1v) is 9.34. The molecule has 0 radical (unpaired) electrons. The molecule has 1 atom stereocenters. The van der Waals surface area contributed by atoms with Crippen LogP contribution in [0.5, 0.6) is 0 Å². The molecule has 0 unspecified atom stereocenters. The first-order valence-electron chi connectivity index (χ1n) is 9.34. The second kappa shape index (κ2) is 7.80. The number of furan rings is 1. The fourth-order valence-corrected chi connectivity index (χ4v) is 3.58. The summed E-state index contributed by atoms with van der Waals surface area (Å²) in [5.74, 6) is 0.775. The van der Waals surface area contributed by atoms with E-state index in [2.05, 4.69) is 46.6 Å². The monoisotopic (exact) mass is 365 g/mol. The van der Waals surface area contributed by atoms with Crippen LogP contribution in [0.1, 0.15) is 35.0 Å². The minimum absolute atomic E-state index is 0.229. The Labute approximate surface area is 158 Å². The summed E-state index contributed by atoms with van der Waals surface area (Å²) in [6.07, 6.45) is 3.58. The molecule has 1 aliphatic heterocycles. The number of nitrogens with zero attached hydrogens (tertiary/aromatic N) is 2. The molecular weight excluding hydrogens is 342 g/mol. The Morgan fingerprint density at radius 3 is 2.85 bits per heavy atom. The Morgan fingerprint density at radius 1 is 1.22 bits per heavy atom. The van der Waals surface area contributed by atoms with E-state index in [1.807, 2.05) is 0 Å². The van der Waals surface area contributed by atoms with Crippen LogP contribution >= 0.6 is 0 Å². The van der Waals surface area contributed by atoms with Gasteiger partial charge in [0.15, 0.2) is 11.5 Å². The number of rotatable bonds is 6. The van der Waals surface area contributed by atoms with E-state index in [0.29, 0.717) is 24.1 Å². The second-order valence-electron chi connectivity index (χ2n) is 6.81. The molecule has 1 aromatic carbocycles. The van der Waals surface area contributed by atoms with Gasteiger partial charge in [-0.3, -0.25) is 9.69 Å². The molecule has 6 nitrogen and oxygen atoms in total. The molecule has 1 aliphatic rings. The van der Waals surface area contributed by atoms with Crippen LogP contribution < -0.4 is 5.32 Å². The Bertz CT molecular complexity index is 901. The molecule has 0 fully saturated rings. The van der Waals surface area contributed by atoms with Crippen molar-refractivity contribution in [2.45, 2.75) is 32.4 Å². The van der Waals surface area contributed by atoms with E-state index in [9.17, 15) is 4.79 Å². The van der Waals surface area contributed by atoms with Crippen molar-refractivity contribution in [2.24, 2.45) is 0 Å². The van der Waals surface area contributed by atoms with Gasteiger partial charge in [0.2, 0.25) is 5.76 Å². The first kappa shape index (κ1) is 17.5. The molecule has 3 heterocycles. The van der Waals surface area contributed by atoms with Crippen molar-refractivity contribution in [3.8, 4) is 11.5 Å². The van der Waals surface area contributed by atoms with Gasteiger partial charge in [0.05, 0.1) is 6.26 Å². The second-order valence-corrected chi connectivity index (χ2v) is 6.81. The predicted octanol–water partition coefficient (Wildman–Crippen LogP) is 3.50. The molecule has 6 heteroatoms. The number of aromatic nitrogens is 1. The lowest BCUT2D eigenvalue weighted by Crippen LogP contribution is -2.45. The van der Waals surface area contributed by atoms with Crippen molar-refractivity contribution in [1.82, 2.24) is 15.4 Å². The van der Waals surface area contributed by atoms with Crippen LogP contribution in [-0.4, -0.2) is 35.1 Å². The average molecular weight is 365 g/mol. The number of carbonyl (C=O) groups excluding carboxylic acids is 1. The highest BCUT2D eigenvalue weighted by atomic mass is 16.5. The number of hydrogen-bond donors (Lipinski definition) is 1. The highest BCUT2D eigenvalue weighted by molar-refractivity contribution is 5.92. The molecule has 0 aliphatic carbocycles. The van der Waals surface area contributed by atoms with E-state index >= 15 is 0 Å². The normalized spacial score (nSPS) is 15.3. The molecule has 0 saturated carbocycles. The van der Waals surface area contributed by atoms with E-state index in [0.717, 1.165) is 25.9 Å². The number of nitrogens with one attached hydrogen (secondary N) is 1. The summed E-state index contributed by atoms with van der Waals surface area (Å²) in [4.78, 5) is 14.9. The van der Waals surface area contributed by atoms with Gasteiger partial charge >= 0.3 is 0 Å². The van der Waals surface area contributed by atoms with E-state index in [1.54, 1.807) is 24.5 Å². The largest absolute Gasteiger partial charge is 0.461 e. The summed E-state index contributed by atoms with van der Waals surface area (Å²) < 4.78 is 10.5. The summed E-state index contributed by atoms with van der Waals surface area (Å²) in [7, 11) is 0. The fourth-order valence-electron chi connectivity index (χ4n) is 3.58. The Balaban J connectivity index is 1.36. The fraction of sp³-hybridized carbons (Fsp3) is 0.333. The number of hydrogen-bond acceptors (Lipinski definition) is 5. The van der Waals surface area contributed by atoms with Crippen molar-refractivity contribution >= 4 is 5.91 Å². The molecule has 0 spiro atoms. The molecule has 0 saturated heterocycles. The average Bonchev–Trinajstić information content (AvgIpc) is 3.40. The predicted molar refractivity (Wildman–Crippen MR) is 101 cm³/mol. The van der Waals surface area contributed by atoms with E-state index < -0.39 is 0 Å². The quantitative estimate of drug-likeness (QED) is 0.724. The Hall–Kier alpha value is -2.86. The highest BCUT2D eigenvalue weighted by Gasteiger charge is 2.23. The third kappa shape index (κ3) is 3.80. The third-order valence-corrected chi connectivity index (χ3v) is 5.15. The maximum absolute atomic E-state index is 12.4. The zero-order valence-corrected chi connectivity index (χ0v) is 15.4. The molecule has 140 valence electrons. The number of benzene rings is 1. The van der Waals surface area contributed by atoms with Crippen molar-refractivity contribution in [3.05, 3.63) is 65.5 Å². The molecule has 1 N–H and O–H groups in total. The summed E-state index contributed by atoms with van der Waals surface area (Å²) in [5.41, 5.74) is 3.08. The van der Waals surface area contributed by atoms with E-state index in [4.69, 9.17) is 8.94 Å². The lowest BCUT2D eigenvalue weighted by Gasteiger charge is -2.35. The van der Waals surface area contributed by atoms with Gasteiger partial charge in [0, 0.05) is 31.7 Å². The smallest absolute Gasteiger partial charge is 0.273 e. The first-order chi connectivity index (χ1) is 13.2. The zero-order chi connectivity index (χ0) is 18.6. The molecule has 27 heavy (non-hydrogen) atoms. The van der Waals surface area contributed by atoms with Crippen LogP contribution in [0.25, 0.3) is 11.5 Å². The maximum atomic E-state index is 12.4. The van der Waals surface area contributed by atoms with Crippen molar-refractivity contribution in [3.63, 3.8) is 0 Å². The molecule has 4 rings (SSSR count). The molecule has 1 amide bonds. The summed E-state index contributed by atoms with van der Waals surface area (Å²) in [6.45, 7) is 4.68. The minimum atomic E-state index is -0.229. The van der Waals surface area contributed by atoms with Crippen LogP contribution in [0.2, 0.25) is 0 Å². The molecule has 2 aromatic heterocycles. The lowest BCUT2D eigenvalue weighted by atomic mass is 9.98. The van der Waals surface area contributed by atoms with Gasteiger partial charge in [-0.05, 0) is 36.1 Å². The number of carbonyl (C=O) groups is 1. The van der Waals surface area contributed by atoms with Crippen LogP contribution in [0.4, 0.5) is 0 Å². The summed E-state index contributed by atoms with van der Waals surface area (Å²) in [6, 6.07) is 14.0. The third-order valence-electron chi connectivity index (χ3n) is 5.15. The van der Waals surface area contributed by atoms with Gasteiger partial charge < -0.3 is 14.3 Å². The Morgan fingerprint density at radius 2 is 2.07 bits per heavy atom. The SMILES string of the molecule is CC[C@H](CNC(=O)c1cc(-c2ccco2)on1)N1CCc2ccccc2C1. The highest BCUT2D eigenvalue weighted by Crippen LogP contribution is 2.22. The van der Waals surface area contributed by atoms with Crippen molar-refractivity contribution < 1.29 is 13.7 Å². The Kier molecular flexibility index (Phi) is 5.07. The van der Waals surface area contributed by atoms with Gasteiger partial charge in [0.1, 0.15) is 0 Å². The minimum Gasteiger partial charge on any atom is -0.461 e. The lowest BCUT2D eigenvalue weighted by molar-refractivity contribution is 0.0917. The van der Waals surface area contributed by atoms with Crippen molar-refractivity contribution in [1.29, 1.82) is 0 Å². The molecule has 0 bridgehead atoms. The van der Waals surface area contributed by atoms with Crippen LogP contribution in [0, 0.1) is 0 Å². The zero-order valence-electron chi connectivity index (χ0n) is 15.4. The van der Waals surface area contributed by atoms with E-state index in [1.165, 1.54) is 11.1 Å². The standard InChI is InChI=1S/C21H23N3O3/c1-2-17(24-10-9-15-6-3-4-7-16(15)14-24)13-22-21(25)18-12-20(27-23-18)19-8-5-11-26-19/h3-8,11-12,17H,2,9-10,13-14H2,1H3,(H,22,25)/t17-/m1/s1. The van der Waals surface area contributed by atoms with Gasteiger partial charge in [-0.15, -0.1) is 0 Å². The van der Waals surface area contributed by atoms with Crippen LogP contribution in [0.15, 0.2) is 57.7 Å². The van der Waals surface area contributed by atoms with Crippen LogP contribution in [-0.2, 0) is 13.0 Å². The molecular formula is C21H23N3O3. The number of fused-ring (bicyclic) bond motifs is 1. The van der Waals surface area contributed by atoms with Gasteiger partial charge in [0.25, 0.3) is 5.91 Å². The van der Waals surface area contributed by atoms with Crippen LogP contribution in [0.3, 0.4) is 0 Å². The van der Waals surface area contributed by atoms with Gasteiger partial charge in [-0.25, -0.2) is 0 Å². The molecule has 3 aromatic rings. The maximum Gasteiger partial charge on any atom is 0.273 e.